The van der Waals surface area contributed by atoms with Gasteiger partial charge in [0.1, 0.15) is 11.5 Å². The van der Waals surface area contributed by atoms with Gasteiger partial charge in [-0.15, -0.1) is 21.5 Å². The maximum absolute atomic E-state index is 12.3. The third-order valence-corrected chi connectivity index (χ3v) is 5.83. The summed E-state index contributed by atoms with van der Waals surface area (Å²) in [6.45, 7) is 0. The Morgan fingerprint density at radius 2 is 1.83 bits per heavy atom. The Kier molecular flexibility index (Phi) is 4.61. The van der Waals surface area contributed by atoms with Crippen molar-refractivity contribution in [2.24, 2.45) is 0 Å². The van der Waals surface area contributed by atoms with E-state index in [2.05, 4.69) is 30.0 Å². The van der Waals surface area contributed by atoms with Crippen molar-refractivity contribution in [1.82, 2.24) is 30.0 Å². The lowest BCUT2D eigenvalue weighted by atomic mass is 9.79. The predicted molar refractivity (Wildman–Crippen MR) is 110 cm³/mol. The van der Waals surface area contributed by atoms with Crippen molar-refractivity contribution < 1.29 is 4.79 Å². The summed E-state index contributed by atoms with van der Waals surface area (Å²) in [6.07, 6.45) is 5.04. The highest BCUT2D eigenvalue weighted by Gasteiger charge is 2.36. The quantitative estimate of drug-likeness (QED) is 0.552. The lowest BCUT2D eigenvalue weighted by Gasteiger charge is -2.35. The average Bonchev–Trinajstić information content (AvgIpc) is 3.41. The Bertz CT molecular complexity index is 1100. The molecule has 8 heteroatoms. The fourth-order valence-electron chi connectivity index (χ4n) is 3.57. The molecule has 0 unspecified atom stereocenters. The van der Waals surface area contributed by atoms with Crippen LogP contribution in [0.4, 0.5) is 0 Å². The molecule has 5 rings (SSSR count). The number of carbonyl (C=O) groups is 1. The minimum atomic E-state index is -0.137. The van der Waals surface area contributed by atoms with Gasteiger partial charge in [-0.2, -0.15) is 0 Å². The van der Waals surface area contributed by atoms with Gasteiger partial charge in [-0.25, -0.2) is 4.98 Å². The molecule has 0 bridgehead atoms. The highest BCUT2D eigenvalue weighted by Crippen LogP contribution is 2.38. The van der Waals surface area contributed by atoms with Crippen molar-refractivity contribution in [2.75, 3.05) is 0 Å². The van der Waals surface area contributed by atoms with E-state index in [-0.39, 0.29) is 17.9 Å². The Hall–Kier alpha value is -3.39. The fraction of sp³-hybridized carbons (Fsp3) is 0.190. The number of nitrogens with zero attached hydrogens (tertiary/aromatic N) is 5. The number of pyridine rings is 1. The number of carbonyl (C=O) groups excluding carboxylic acids is 1. The molecule has 0 radical (unpaired) electrons. The molecule has 0 aliphatic heterocycles. The lowest BCUT2D eigenvalue weighted by Crippen LogP contribution is -2.44. The molecule has 3 aromatic heterocycles. The van der Waals surface area contributed by atoms with Crippen LogP contribution >= 0.6 is 11.3 Å². The van der Waals surface area contributed by atoms with Crippen molar-refractivity contribution in [3.05, 3.63) is 77.8 Å². The molecule has 1 aliphatic carbocycles. The standard InChI is InChI=1S/C21H18N6OS/c28-20(17-8-4-5-9-22-17)24-15-12-14(13-15)18-25-26-19(21-23-10-11-29-21)27(18)16-6-2-1-3-7-16/h1-11,14-15H,12-13H2,(H,24,28)/t14-,15-. The van der Waals surface area contributed by atoms with Crippen LogP contribution in [0.3, 0.4) is 0 Å². The summed E-state index contributed by atoms with van der Waals surface area (Å²) in [7, 11) is 0. The second-order valence-corrected chi connectivity index (χ2v) is 7.84. The molecule has 7 nitrogen and oxygen atoms in total. The summed E-state index contributed by atoms with van der Waals surface area (Å²) >= 11 is 1.54. The van der Waals surface area contributed by atoms with Crippen LogP contribution < -0.4 is 5.32 Å². The van der Waals surface area contributed by atoms with Gasteiger partial charge in [0.05, 0.1) is 0 Å². The van der Waals surface area contributed by atoms with Crippen LogP contribution in [0.1, 0.15) is 35.1 Å². The van der Waals surface area contributed by atoms with Crippen LogP contribution in [0.5, 0.6) is 0 Å². The summed E-state index contributed by atoms with van der Waals surface area (Å²) in [5.74, 6) is 1.75. The van der Waals surface area contributed by atoms with E-state index in [1.54, 1.807) is 35.9 Å². The van der Waals surface area contributed by atoms with E-state index in [1.165, 1.54) is 0 Å². The van der Waals surface area contributed by atoms with Gasteiger partial charge in [0.25, 0.3) is 5.91 Å². The molecule has 4 aromatic rings. The molecular formula is C21H18N6OS. The second-order valence-electron chi connectivity index (χ2n) is 6.94. The Labute approximate surface area is 171 Å². The molecule has 1 N–H and O–H groups in total. The van der Waals surface area contributed by atoms with Crippen LogP contribution in [0.15, 0.2) is 66.3 Å². The molecule has 144 valence electrons. The molecule has 29 heavy (non-hydrogen) atoms. The van der Waals surface area contributed by atoms with Crippen LogP contribution in [0.25, 0.3) is 16.5 Å². The van der Waals surface area contributed by atoms with Gasteiger partial charge in [0.2, 0.25) is 0 Å². The van der Waals surface area contributed by atoms with Crippen molar-refractivity contribution in [2.45, 2.75) is 24.8 Å². The average molecular weight is 402 g/mol. The van der Waals surface area contributed by atoms with E-state index in [9.17, 15) is 4.79 Å². The largest absolute Gasteiger partial charge is 0.348 e. The van der Waals surface area contributed by atoms with Crippen molar-refractivity contribution >= 4 is 17.2 Å². The number of rotatable bonds is 5. The highest BCUT2D eigenvalue weighted by atomic mass is 32.1. The summed E-state index contributed by atoms with van der Waals surface area (Å²) in [6, 6.07) is 15.5. The molecule has 1 saturated carbocycles. The molecule has 0 saturated heterocycles. The van der Waals surface area contributed by atoms with Gasteiger partial charge in [-0.3, -0.25) is 14.3 Å². The lowest BCUT2D eigenvalue weighted by molar-refractivity contribution is 0.0902. The third-order valence-electron chi connectivity index (χ3n) is 5.06. The Balaban J connectivity index is 1.37. The monoisotopic (exact) mass is 402 g/mol. The summed E-state index contributed by atoms with van der Waals surface area (Å²) in [5.41, 5.74) is 1.45. The second kappa shape index (κ2) is 7.56. The highest BCUT2D eigenvalue weighted by molar-refractivity contribution is 7.13. The minimum absolute atomic E-state index is 0.110. The fourth-order valence-corrected chi connectivity index (χ4v) is 4.18. The van der Waals surface area contributed by atoms with Crippen LogP contribution in [0, 0.1) is 0 Å². The summed E-state index contributed by atoms with van der Waals surface area (Å²) < 4.78 is 2.08. The zero-order valence-electron chi connectivity index (χ0n) is 15.5. The number of aromatic nitrogens is 5. The number of hydrogen-bond donors (Lipinski definition) is 1. The number of benzene rings is 1. The summed E-state index contributed by atoms with van der Waals surface area (Å²) in [5, 5.41) is 14.8. The van der Waals surface area contributed by atoms with Crippen molar-refractivity contribution in [3.8, 4) is 16.5 Å². The van der Waals surface area contributed by atoms with Gasteiger partial charge >= 0.3 is 0 Å². The van der Waals surface area contributed by atoms with Crippen LogP contribution in [0.2, 0.25) is 0 Å². The normalized spacial score (nSPS) is 18.2. The molecule has 1 aliphatic rings. The number of amides is 1. The minimum Gasteiger partial charge on any atom is -0.348 e. The Morgan fingerprint density at radius 3 is 2.55 bits per heavy atom. The maximum atomic E-state index is 12.3. The zero-order valence-corrected chi connectivity index (χ0v) is 16.3. The van der Waals surface area contributed by atoms with Crippen LogP contribution in [-0.4, -0.2) is 36.7 Å². The van der Waals surface area contributed by atoms with Crippen molar-refractivity contribution in [3.63, 3.8) is 0 Å². The van der Waals surface area contributed by atoms with Crippen LogP contribution in [-0.2, 0) is 0 Å². The van der Waals surface area contributed by atoms with Crippen molar-refractivity contribution in [1.29, 1.82) is 0 Å². The van der Waals surface area contributed by atoms with E-state index in [1.807, 2.05) is 41.8 Å². The first kappa shape index (κ1) is 17.7. The first-order valence-electron chi connectivity index (χ1n) is 9.42. The molecule has 0 atom stereocenters. The predicted octanol–water partition coefficient (Wildman–Crippen LogP) is 3.46. The van der Waals surface area contributed by atoms with E-state index in [4.69, 9.17) is 0 Å². The first-order chi connectivity index (χ1) is 14.3. The van der Waals surface area contributed by atoms with E-state index < -0.39 is 0 Å². The van der Waals surface area contributed by atoms with Gasteiger partial charge in [0, 0.05) is 35.4 Å². The number of nitrogens with one attached hydrogen (secondary N) is 1. The Morgan fingerprint density at radius 1 is 1.00 bits per heavy atom. The SMILES string of the molecule is O=C(N[C@H]1C[C@H](c2nnc(-c3nccs3)n2-c2ccccc2)C1)c1ccccn1. The topological polar surface area (TPSA) is 85.6 Å². The molecular weight excluding hydrogens is 384 g/mol. The molecule has 1 aromatic carbocycles. The third kappa shape index (κ3) is 3.42. The van der Waals surface area contributed by atoms with Gasteiger partial charge in [-0.05, 0) is 37.1 Å². The zero-order chi connectivity index (χ0) is 19.6. The molecule has 1 amide bonds. The smallest absolute Gasteiger partial charge is 0.270 e. The summed E-state index contributed by atoms with van der Waals surface area (Å²) in [4.78, 5) is 20.8. The van der Waals surface area contributed by atoms with Gasteiger partial charge < -0.3 is 5.32 Å². The molecule has 0 spiro atoms. The van der Waals surface area contributed by atoms with Gasteiger partial charge in [-0.1, -0.05) is 24.3 Å². The number of thiazole rings is 1. The van der Waals surface area contributed by atoms with E-state index >= 15 is 0 Å². The molecule has 3 heterocycles. The number of hydrogen-bond acceptors (Lipinski definition) is 6. The molecule has 1 fully saturated rings. The van der Waals surface area contributed by atoms with E-state index in [0.717, 1.165) is 35.2 Å². The first-order valence-corrected chi connectivity index (χ1v) is 10.3. The number of para-hydroxylation sites is 1. The van der Waals surface area contributed by atoms with Gasteiger partial charge in [0.15, 0.2) is 10.8 Å². The maximum Gasteiger partial charge on any atom is 0.270 e. The van der Waals surface area contributed by atoms with E-state index in [0.29, 0.717) is 5.69 Å².